The molecule has 0 bridgehead atoms. The Balaban J connectivity index is 1.61. The molecule has 2 heterocycles. The smallest absolute Gasteiger partial charge is 0.260 e. The Morgan fingerprint density at radius 3 is 2.57 bits per heavy atom. The lowest BCUT2D eigenvalue weighted by Gasteiger charge is -2.34. The van der Waals surface area contributed by atoms with Crippen LogP contribution in [0.1, 0.15) is 27.9 Å². The molecule has 6 nitrogen and oxygen atoms in total. The number of carbonyl (C=O) groups excluding carboxylic acids is 2. The predicted molar refractivity (Wildman–Crippen MR) is 96.6 cm³/mol. The first-order valence-corrected chi connectivity index (χ1v) is 9.18. The minimum Gasteiger partial charge on any atom is -0.328 e. The second-order valence-corrected chi connectivity index (χ2v) is 7.90. The lowest BCUT2D eigenvalue weighted by atomic mass is 9.85. The fraction of sp³-hybridized carbons (Fsp3) is 0.333. The number of rotatable bonds is 3. The highest BCUT2D eigenvalue weighted by Crippen LogP contribution is 2.64. The minimum absolute atomic E-state index is 0.0174. The largest absolute Gasteiger partial charge is 0.328 e. The standard InChI is InChI=1S/C18H14BrF3N4O2/c1-9-4-23-16(24-5-9)25-12(27)6-26-8-17(7-18(17,21)22)13-10(15(26)28)2-3-11(19)14(13)20/h2-5H,6-8H2,1H3,(H,23,24,25,27)/t17-/m0/s1. The Bertz CT molecular complexity index is 999. The molecular weight excluding hydrogens is 441 g/mol. The first-order valence-electron chi connectivity index (χ1n) is 8.39. The number of carbonyl (C=O) groups is 2. The first-order chi connectivity index (χ1) is 13.1. The van der Waals surface area contributed by atoms with Crippen molar-refractivity contribution in [2.45, 2.75) is 24.7 Å². The summed E-state index contributed by atoms with van der Waals surface area (Å²) in [7, 11) is 0. The summed E-state index contributed by atoms with van der Waals surface area (Å²) in [5, 5.41) is 2.43. The van der Waals surface area contributed by atoms with Crippen LogP contribution in [-0.4, -0.2) is 45.7 Å². The van der Waals surface area contributed by atoms with Crippen LogP contribution in [0.2, 0.25) is 0 Å². The number of fused-ring (bicyclic) bond motifs is 2. The number of amides is 2. The molecule has 2 aliphatic rings. The third-order valence-corrected chi connectivity index (χ3v) is 5.63. The Kier molecular flexibility index (Phi) is 4.22. The number of anilines is 1. The highest BCUT2D eigenvalue weighted by molar-refractivity contribution is 9.10. The molecule has 146 valence electrons. The van der Waals surface area contributed by atoms with Gasteiger partial charge in [0.1, 0.15) is 12.4 Å². The predicted octanol–water partition coefficient (Wildman–Crippen LogP) is 3.06. The average molecular weight is 455 g/mol. The summed E-state index contributed by atoms with van der Waals surface area (Å²) in [6.45, 7) is 0.870. The van der Waals surface area contributed by atoms with Crippen LogP contribution in [0.5, 0.6) is 0 Å². The Morgan fingerprint density at radius 2 is 1.96 bits per heavy atom. The van der Waals surface area contributed by atoms with E-state index in [-0.39, 0.29) is 21.5 Å². The molecule has 28 heavy (non-hydrogen) atoms. The number of nitrogens with one attached hydrogen (secondary N) is 1. The van der Waals surface area contributed by atoms with Crippen molar-refractivity contribution >= 4 is 33.7 Å². The monoisotopic (exact) mass is 454 g/mol. The van der Waals surface area contributed by atoms with Crippen LogP contribution < -0.4 is 5.32 Å². The molecule has 1 N–H and O–H groups in total. The van der Waals surface area contributed by atoms with Gasteiger partial charge in [0.05, 0.1) is 9.89 Å². The molecule has 1 aliphatic heterocycles. The van der Waals surface area contributed by atoms with E-state index in [1.165, 1.54) is 24.5 Å². The Morgan fingerprint density at radius 1 is 1.32 bits per heavy atom. The van der Waals surface area contributed by atoms with Gasteiger partial charge >= 0.3 is 0 Å². The van der Waals surface area contributed by atoms with Crippen molar-refractivity contribution in [1.29, 1.82) is 0 Å². The molecule has 2 amide bonds. The van der Waals surface area contributed by atoms with Gasteiger partial charge in [-0.3, -0.25) is 14.9 Å². The van der Waals surface area contributed by atoms with E-state index >= 15 is 0 Å². The summed E-state index contributed by atoms with van der Waals surface area (Å²) >= 11 is 2.99. The van der Waals surface area contributed by atoms with Gasteiger partial charge in [-0.15, -0.1) is 0 Å². The first kappa shape index (κ1) is 18.9. The van der Waals surface area contributed by atoms with Crippen LogP contribution in [0.4, 0.5) is 19.1 Å². The summed E-state index contributed by atoms with van der Waals surface area (Å²) in [6, 6.07) is 2.60. The molecule has 0 saturated heterocycles. The molecule has 1 saturated carbocycles. The molecule has 4 rings (SSSR count). The maximum absolute atomic E-state index is 14.6. The molecule has 1 aromatic heterocycles. The van der Waals surface area contributed by atoms with E-state index < -0.39 is 48.5 Å². The van der Waals surface area contributed by atoms with Gasteiger partial charge in [0.2, 0.25) is 11.9 Å². The van der Waals surface area contributed by atoms with Crippen LogP contribution in [0.15, 0.2) is 29.0 Å². The van der Waals surface area contributed by atoms with Gasteiger partial charge in [0.15, 0.2) is 0 Å². The lowest BCUT2D eigenvalue weighted by molar-refractivity contribution is -0.117. The topological polar surface area (TPSA) is 75.2 Å². The maximum Gasteiger partial charge on any atom is 0.260 e. The third-order valence-electron chi connectivity index (χ3n) is 5.02. The molecule has 0 unspecified atom stereocenters. The molecule has 1 aromatic carbocycles. The number of hydrogen-bond donors (Lipinski definition) is 1. The number of aromatic nitrogens is 2. The third kappa shape index (κ3) is 2.86. The summed E-state index contributed by atoms with van der Waals surface area (Å²) in [5.74, 6) is -5.27. The number of nitrogens with zero attached hydrogens (tertiary/aromatic N) is 3. The van der Waals surface area contributed by atoms with Gasteiger partial charge in [-0.1, -0.05) is 0 Å². The van der Waals surface area contributed by atoms with Gasteiger partial charge in [0.25, 0.3) is 11.8 Å². The van der Waals surface area contributed by atoms with Gasteiger partial charge < -0.3 is 4.90 Å². The molecule has 2 aromatic rings. The van der Waals surface area contributed by atoms with Crippen LogP contribution in [0, 0.1) is 12.7 Å². The van der Waals surface area contributed by atoms with Crippen LogP contribution >= 0.6 is 15.9 Å². The summed E-state index contributed by atoms with van der Waals surface area (Å²) < 4.78 is 43.1. The number of aryl methyl sites for hydroxylation is 1. The van der Waals surface area contributed by atoms with Crippen molar-refractivity contribution < 1.29 is 22.8 Å². The van der Waals surface area contributed by atoms with Gasteiger partial charge in [-0.2, -0.15) is 0 Å². The Labute approximate surface area is 166 Å². The zero-order valence-corrected chi connectivity index (χ0v) is 16.2. The van der Waals surface area contributed by atoms with Gasteiger partial charge in [-0.05, 0) is 40.5 Å². The van der Waals surface area contributed by atoms with Crippen molar-refractivity contribution in [2.75, 3.05) is 18.4 Å². The Hall–Kier alpha value is -2.49. The van der Waals surface area contributed by atoms with Crippen molar-refractivity contribution in [3.63, 3.8) is 0 Å². The van der Waals surface area contributed by atoms with Crippen LogP contribution in [0.3, 0.4) is 0 Å². The second kappa shape index (κ2) is 6.26. The number of alkyl halides is 2. The summed E-state index contributed by atoms with van der Waals surface area (Å²) in [5.41, 5.74) is -1.45. The van der Waals surface area contributed by atoms with Crippen molar-refractivity contribution in [2.24, 2.45) is 0 Å². The van der Waals surface area contributed by atoms with Crippen molar-refractivity contribution in [3.8, 4) is 0 Å². The maximum atomic E-state index is 14.6. The van der Waals surface area contributed by atoms with E-state index in [1.54, 1.807) is 6.92 Å². The second-order valence-electron chi connectivity index (χ2n) is 7.04. The molecule has 1 atom stereocenters. The summed E-state index contributed by atoms with van der Waals surface area (Å²) in [6.07, 6.45) is 2.43. The number of benzene rings is 1. The molecule has 1 fully saturated rings. The van der Waals surface area contributed by atoms with E-state index in [1.807, 2.05) is 0 Å². The fourth-order valence-electron chi connectivity index (χ4n) is 3.54. The molecule has 0 radical (unpaired) electrons. The van der Waals surface area contributed by atoms with Crippen LogP contribution in [-0.2, 0) is 10.2 Å². The fourth-order valence-corrected chi connectivity index (χ4v) is 3.87. The van der Waals surface area contributed by atoms with E-state index in [0.29, 0.717) is 0 Å². The number of halogens is 4. The molecular formula is C18H14BrF3N4O2. The highest BCUT2D eigenvalue weighted by Gasteiger charge is 2.75. The molecule has 1 aliphatic carbocycles. The van der Waals surface area contributed by atoms with Crippen LogP contribution in [0.25, 0.3) is 0 Å². The van der Waals surface area contributed by atoms with E-state index in [0.717, 1.165) is 10.5 Å². The summed E-state index contributed by atoms with van der Waals surface area (Å²) in [4.78, 5) is 33.9. The highest BCUT2D eigenvalue weighted by atomic mass is 79.9. The minimum atomic E-state index is -3.15. The normalized spacial score (nSPS) is 22.2. The van der Waals surface area contributed by atoms with Gasteiger partial charge in [-0.25, -0.2) is 23.1 Å². The van der Waals surface area contributed by atoms with Crippen molar-refractivity contribution in [3.05, 3.63) is 51.5 Å². The SMILES string of the molecule is Cc1cnc(NC(=O)CN2C[C@@]3(CC3(F)F)c3c(ccc(Br)c3F)C2=O)nc1. The zero-order chi connectivity index (χ0) is 20.3. The molecule has 1 spiro atoms. The zero-order valence-electron chi connectivity index (χ0n) is 14.6. The van der Waals surface area contributed by atoms with Crippen molar-refractivity contribution in [1.82, 2.24) is 14.9 Å². The lowest BCUT2D eigenvalue weighted by Crippen LogP contribution is -2.49. The van der Waals surface area contributed by atoms with E-state index in [2.05, 4.69) is 31.2 Å². The average Bonchev–Trinajstić information content (AvgIpc) is 3.17. The quantitative estimate of drug-likeness (QED) is 0.773. The van der Waals surface area contributed by atoms with E-state index in [4.69, 9.17) is 0 Å². The van der Waals surface area contributed by atoms with E-state index in [9.17, 15) is 22.8 Å². The molecule has 10 heteroatoms. The van der Waals surface area contributed by atoms with Gasteiger partial charge in [0, 0.05) is 36.5 Å². The number of hydrogen-bond acceptors (Lipinski definition) is 4.